The lowest BCUT2D eigenvalue weighted by Crippen LogP contribution is -2.36. The molecule has 3 aliphatic rings. The molecule has 150 valence electrons. The van der Waals surface area contributed by atoms with Crippen molar-refractivity contribution in [3.8, 4) is 11.5 Å². The molecule has 5 rings (SSSR count). The standard InChI is InChI=1S/C21H19NO7/c23-19(12-5-6-14-16(9-12)29-11-28-14)17-18(15-4-2-8-27-15)22(21(25)20(17)24)10-13-3-1-7-26-13/h2,4-6,8-9,13,18,23H,1,3,7,10-11H2/b19-17-. The average Bonchev–Trinajstić information content (AvgIpc) is 3.51. The molecule has 29 heavy (non-hydrogen) atoms. The van der Waals surface area contributed by atoms with Crippen LogP contribution < -0.4 is 9.47 Å². The number of hydrogen-bond donors (Lipinski definition) is 1. The van der Waals surface area contributed by atoms with E-state index in [9.17, 15) is 14.7 Å². The van der Waals surface area contributed by atoms with Gasteiger partial charge in [0.05, 0.1) is 17.9 Å². The summed E-state index contributed by atoms with van der Waals surface area (Å²) in [6.07, 6.45) is 3.06. The van der Waals surface area contributed by atoms with E-state index in [1.165, 1.54) is 11.2 Å². The van der Waals surface area contributed by atoms with Gasteiger partial charge in [-0.1, -0.05) is 0 Å². The summed E-state index contributed by atoms with van der Waals surface area (Å²) in [5.74, 6) is -0.272. The van der Waals surface area contributed by atoms with Crippen molar-refractivity contribution in [1.82, 2.24) is 4.90 Å². The van der Waals surface area contributed by atoms with Crippen molar-refractivity contribution in [3.63, 3.8) is 0 Å². The first-order valence-corrected chi connectivity index (χ1v) is 9.47. The SMILES string of the molecule is O=C1C(=O)N(CC2CCCO2)C(c2ccco2)/C1=C(/O)c1ccc2c(c1)OCO2. The van der Waals surface area contributed by atoms with Gasteiger partial charge in [-0.25, -0.2) is 0 Å². The Bertz CT molecular complexity index is 988. The van der Waals surface area contributed by atoms with Crippen LogP contribution >= 0.6 is 0 Å². The third-order valence-electron chi connectivity index (χ3n) is 5.42. The first-order chi connectivity index (χ1) is 14.1. The second-order valence-corrected chi connectivity index (χ2v) is 7.17. The highest BCUT2D eigenvalue weighted by molar-refractivity contribution is 6.46. The Morgan fingerprint density at radius 3 is 2.79 bits per heavy atom. The van der Waals surface area contributed by atoms with Gasteiger partial charge < -0.3 is 28.6 Å². The molecule has 1 N–H and O–H groups in total. The molecule has 3 aliphatic heterocycles. The summed E-state index contributed by atoms with van der Waals surface area (Å²) >= 11 is 0. The molecule has 0 bridgehead atoms. The van der Waals surface area contributed by atoms with Crippen LogP contribution in [0.4, 0.5) is 0 Å². The zero-order chi connectivity index (χ0) is 20.0. The molecule has 2 fully saturated rings. The van der Waals surface area contributed by atoms with Gasteiger partial charge in [0.15, 0.2) is 11.5 Å². The van der Waals surface area contributed by atoms with Gasteiger partial charge in [-0.05, 0) is 43.2 Å². The smallest absolute Gasteiger partial charge is 0.295 e. The summed E-state index contributed by atoms with van der Waals surface area (Å²) < 4.78 is 21.8. The van der Waals surface area contributed by atoms with Crippen LogP contribution in [0.3, 0.4) is 0 Å². The summed E-state index contributed by atoms with van der Waals surface area (Å²) in [5.41, 5.74) is 0.350. The number of amides is 1. The fraction of sp³-hybridized carbons (Fsp3) is 0.333. The zero-order valence-corrected chi connectivity index (χ0v) is 15.5. The summed E-state index contributed by atoms with van der Waals surface area (Å²) in [4.78, 5) is 27.1. The minimum atomic E-state index is -0.820. The zero-order valence-electron chi connectivity index (χ0n) is 15.5. The maximum absolute atomic E-state index is 12.9. The summed E-state index contributed by atoms with van der Waals surface area (Å²) in [5, 5.41) is 11.0. The molecule has 2 atom stereocenters. The number of carbonyl (C=O) groups excluding carboxylic acids is 2. The molecule has 4 heterocycles. The quantitative estimate of drug-likeness (QED) is 0.481. The van der Waals surface area contributed by atoms with Crippen molar-refractivity contribution in [3.05, 3.63) is 53.5 Å². The van der Waals surface area contributed by atoms with Gasteiger partial charge in [0.2, 0.25) is 6.79 Å². The van der Waals surface area contributed by atoms with Crippen molar-refractivity contribution < 1.29 is 33.3 Å². The lowest BCUT2D eigenvalue weighted by atomic mass is 9.99. The molecule has 2 unspecified atom stereocenters. The number of aliphatic hydroxyl groups is 1. The lowest BCUT2D eigenvalue weighted by molar-refractivity contribution is -0.141. The van der Waals surface area contributed by atoms with E-state index in [4.69, 9.17) is 18.6 Å². The number of carbonyl (C=O) groups is 2. The molecule has 1 amide bonds. The monoisotopic (exact) mass is 397 g/mol. The van der Waals surface area contributed by atoms with Gasteiger partial charge in [0.25, 0.3) is 11.7 Å². The number of fused-ring (bicyclic) bond motifs is 1. The number of furan rings is 1. The fourth-order valence-corrected chi connectivity index (χ4v) is 4.02. The lowest BCUT2D eigenvalue weighted by Gasteiger charge is -2.25. The Morgan fingerprint density at radius 1 is 1.17 bits per heavy atom. The van der Waals surface area contributed by atoms with Crippen molar-refractivity contribution in [1.29, 1.82) is 0 Å². The summed E-state index contributed by atoms with van der Waals surface area (Å²) in [6.45, 7) is 0.989. The summed E-state index contributed by atoms with van der Waals surface area (Å²) in [7, 11) is 0. The highest BCUT2D eigenvalue weighted by atomic mass is 16.7. The largest absolute Gasteiger partial charge is 0.507 e. The maximum Gasteiger partial charge on any atom is 0.295 e. The Hall–Kier alpha value is -3.26. The van der Waals surface area contributed by atoms with Crippen molar-refractivity contribution in [2.24, 2.45) is 0 Å². The van der Waals surface area contributed by atoms with E-state index in [0.29, 0.717) is 29.4 Å². The Kier molecular flexibility index (Phi) is 4.28. The van der Waals surface area contributed by atoms with Gasteiger partial charge in [-0.2, -0.15) is 0 Å². The van der Waals surface area contributed by atoms with E-state index in [2.05, 4.69) is 0 Å². The number of ether oxygens (including phenoxy) is 3. The van der Waals surface area contributed by atoms with Crippen LogP contribution in [-0.2, 0) is 14.3 Å². The number of nitrogens with zero attached hydrogens (tertiary/aromatic N) is 1. The molecule has 2 saturated heterocycles. The Labute approximate surface area is 166 Å². The van der Waals surface area contributed by atoms with E-state index in [0.717, 1.165) is 12.8 Å². The predicted molar refractivity (Wildman–Crippen MR) is 99.3 cm³/mol. The van der Waals surface area contributed by atoms with Gasteiger partial charge in [-0.3, -0.25) is 9.59 Å². The third kappa shape index (κ3) is 2.96. The van der Waals surface area contributed by atoms with Gasteiger partial charge in [-0.15, -0.1) is 0 Å². The van der Waals surface area contributed by atoms with Crippen molar-refractivity contribution in [2.45, 2.75) is 25.0 Å². The van der Waals surface area contributed by atoms with Crippen LogP contribution in [0.15, 0.2) is 46.6 Å². The molecule has 1 aromatic carbocycles. The Morgan fingerprint density at radius 2 is 2.03 bits per heavy atom. The van der Waals surface area contributed by atoms with Crippen LogP contribution in [0.1, 0.15) is 30.2 Å². The number of hydrogen-bond acceptors (Lipinski definition) is 7. The van der Waals surface area contributed by atoms with Crippen LogP contribution in [0, 0.1) is 0 Å². The van der Waals surface area contributed by atoms with E-state index in [1.54, 1.807) is 30.3 Å². The number of rotatable bonds is 4. The maximum atomic E-state index is 12.9. The molecule has 0 spiro atoms. The van der Waals surface area contributed by atoms with Crippen LogP contribution in [-0.4, -0.2) is 47.7 Å². The van der Waals surface area contributed by atoms with Gasteiger partial charge >= 0.3 is 0 Å². The summed E-state index contributed by atoms with van der Waals surface area (Å²) in [6, 6.07) is 7.41. The minimum absolute atomic E-state index is 0.0122. The molecule has 8 nitrogen and oxygen atoms in total. The van der Waals surface area contributed by atoms with E-state index in [-0.39, 0.29) is 30.8 Å². The molecule has 0 aliphatic carbocycles. The normalized spacial score (nSPS) is 25.2. The minimum Gasteiger partial charge on any atom is -0.507 e. The number of aliphatic hydroxyl groups excluding tert-OH is 1. The van der Waals surface area contributed by atoms with E-state index in [1.807, 2.05) is 0 Å². The number of ketones is 1. The Balaban J connectivity index is 1.58. The van der Waals surface area contributed by atoms with E-state index < -0.39 is 17.7 Å². The van der Waals surface area contributed by atoms with Crippen molar-refractivity contribution in [2.75, 3.05) is 19.9 Å². The highest BCUT2D eigenvalue weighted by Gasteiger charge is 2.48. The molecule has 0 saturated carbocycles. The number of benzene rings is 1. The molecular formula is C21H19NO7. The average molecular weight is 397 g/mol. The first-order valence-electron chi connectivity index (χ1n) is 9.47. The molecule has 0 radical (unpaired) electrons. The van der Waals surface area contributed by atoms with Crippen LogP contribution in [0.2, 0.25) is 0 Å². The molecule has 1 aromatic heterocycles. The number of Topliss-reactive ketones (excluding diaryl/α,β-unsaturated/α-hetero) is 1. The van der Waals surface area contributed by atoms with Crippen molar-refractivity contribution >= 4 is 17.4 Å². The second-order valence-electron chi connectivity index (χ2n) is 7.17. The first kappa shape index (κ1) is 17.8. The third-order valence-corrected chi connectivity index (χ3v) is 5.42. The highest BCUT2D eigenvalue weighted by Crippen LogP contribution is 2.41. The molecule has 2 aromatic rings. The van der Waals surface area contributed by atoms with Gasteiger partial charge in [0.1, 0.15) is 17.6 Å². The van der Waals surface area contributed by atoms with Gasteiger partial charge in [0, 0.05) is 18.7 Å². The fourth-order valence-electron chi connectivity index (χ4n) is 4.02. The van der Waals surface area contributed by atoms with Crippen LogP contribution in [0.5, 0.6) is 11.5 Å². The second kappa shape index (κ2) is 6.97. The predicted octanol–water partition coefficient (Wildman–Crippen LogP) is 2.61. The molecular weight excluding hydrogens is 378 g/mol. The number of likely N-dealkylation sites (tertiary alicyclic amines) is 1. The van der Waals surface area contributed by atoms with Crippen LogP contribution in [0.25, 0.3) is 5.76 Å². The topological polar surface area (TPSA) is 98.4 Å². The molecule has 8 heteroatoms. The van der Waals surface area contributed by atoms with E-state index >= 15 is 0 Å².